The van der Waals surface area contributed by atoms with E-state index in [9.17, 15) is 8.78 Å². The highest BCUT2D eigenvalue weighted by Gasteiger charge is 2.07. The van der Waals surface area contributed by atoms with Gasteiger partial charge in [-0.15, -0.1) is 0 Å². The smallest absolute Gasteiger partial charge is 0.387 e. The van der Waals surface area contributed by atoms with Gasteiger partial charge in [-0.05, 0) is 19.1 Å². The highest BCUT2D eigenvalue weighted by molar-refractivity contribution is 6.30. The zero-order valence-corrected chi connectivity index (χ0v) is 9.00. The van der Waals surface area contributed by atoms with Gasteiger partial charge in [0.2, 0.25) is 0 Å². The third-order valence-corrected chi connectivity index (χ3v) is 2.34. The van der Waals surface area contributed by atoms with Crippen molar-refractivity contribution in [2.45, 2.75) is 13.5 Å². The van der Waals surface area contributed by atoms with E-state index in [0.29, 0.717) is 21.9 Å². The summed E-state index contributed by atoms with van der Waals surface area (Å²) in [6.45, 7) is -1.16. The Morgan fingerprint density at radius 1 is 1.25 bits per heavy atom. The molecule has 0 unspecified atom stereocenters. The van der Waals surface area contributed by atoms with Crippen molar-refractivity contribution in [1.82, 2.24) is 9.97 Å². The third-order valence-electron chi connectivity index (χ3n) is 1.98. The molecule has 0 radical (unpaired) electrons. The van der Waals surface area contributed by atoms with Gasteiger partial charge in [-0.2, -0.15) is 8.78 Å². The lowest BCUT2D eigenvalue weighted by Gasteiger charge is -2.05. The fourth-order valence-corrected chi connectivity index (χ4v) is 1.41. The summed E-state index contributed by atoms with van der Waals surface area (Å²) in [5, 5.41) is 0.301. The lowest BCUT2D eigenvalue weighted by molar-refractivity contribution is -0.0497. The Labute approximate surface area is 95.0 Å². The maximum absolute atomic E-state index is 12.0. The lowest BCUT2D eigenvalue weighted by Crippen LogP contribution is -2.02. The van der Waals surface area contributed by atoms with Gasteiger partial charge >= 0.3 is 6.61 Å². The number of ether oxygens (including phenoxy) is 1. The minimum Gasteiger partial charge on any atom is -0.435 e. The van der Waals surface area contributed by atoms with E-state index in [2.05, 4.69) is 14.7 Å². The van der Waals surface area contributed by atoms with E-state index in [1.807, 2.05) is 0 Å². The number of aryl methyl sites for hydroxylation is 1. The second kappa shape index (κ2) is 4.17. The van der Waals surface area contributed by atoms with Gasteiger partial charge in [0.15, 0.2) is 5.15 Å². The molecule has 0 saturated heterocycles. The van der Waals surface area contributed by atoms with Crippen molar-refractivity contribution in [2.24, 2.45) is 0 Å². The summed E-state index contributed by atoms with van der Waals surface area (Å²) in [5.41, 5.74) is 1.56. The van der Waals surface area contributed by atoms with Crippen LogP contribution in [0.5, 0.6) is 5.75 Å². The molecular formula is C10H7ClF2N2O. The van der Waals surface area contributed by atoms with E-state index in [-0.39, 0.29) is 5.75 Å². The van der Waals surface area contributed by atoms with E-state index < -0.39 is 6.61 Å². The number of rotatable bonds is 2. The van der Waals surface area contributed by atoms with E-state index in [1.165, 1.54) is 18.2 Å². The maximum atomic E-state index is 12.0. The predicted octanol–water partition coefficient (Wildman–Crippen LogP) is 3.19. The molecule has 0 aliphatic heterocycles. The first-order chi connectivity index (χ1) is 7.56. The number of hydrogen-bond donors (Lipinski definition) is 0. The van der Waals surface area contributed by atoms with Crippen molar-refractivity contribution in [2.75, 3.05) is 0 Å². The van der Waals surface area contributed by atoms with E-state index in [0.717, 1.165) is 0 Å². The van der Waals surface area contributed by atoms with Gasteiger partial charge in [0.05, 0.1) is 16.7 Å². The number of nitrogens with zero attached hydrogens (tertiary/aromatic N) is 2. The average Bonchev–Trinajstić information content (AvgIpc) is 2.19. The van der Waals surface area contributed by atoms with E-state index in [1.54, 1.807) is 6.92 Å². The molecule has 0 fully saturated rings. The van der Waals surface area contributed by atoms with E-state index >= 15 is 0 Å². The van der Waals surface area contributed by atoms with Gasteiger partial charge in [0, 0.05) is 6.07 Å². The molecule has 3 nitrogen and oxygen atoms in total. The quantitative estimate of drug-likeness (QED) is 0.814. The van der Waals surface area contributed by atoms with Gasteiger partial charge in [0.1, 0.15) is 5.75 Å². The Hall–Kier alpha value is -1.49. The standard InChI is InChI=1S/C10H7ClF2N2O/c1-5-9(11)15-7-3-2-6(16-10(12)13)4-8(7)14-5/h2-4,10H,1H3. The molecule has 0 bridgehead atoms. The molecule has 1 aromatic heterocycles. The fourth-order valence-electron chi connectivity index (χ4n) is 1.28. The Bertz CT molecular complexity index is 533. The summed E-state index contributed by atoms with van der Waals surface area (Å²) in [5.74, 6) is 0.0542. The second-order valence-electron chi connectivity index (χ2n) is 3.13. The normalized spacial score (nSPS) is 11.1. The van der Waals surface area contributed by atoms with Crippen molar-refractivity contribution in [3.63, 3.8) is 0 Å². The molecule has 2 rings (SSSR count). The van der Waals surface area contributed by atoms with Gasteiger partial charge in [-0.3, -0.25) is 0 Å². The van der Waals surface area contributed by atoms with Gasteiger partial charge in [0.25, 0.3) is 0 Å². The number of halogens is 3. The van der Waals surface area contributed by atoms with Crippen LogP contribution < -0.4 is 4.74 Å². The molecule has 6 heteroatoms. The molecule has 84 valence electrons. The summed E-state index contributed by atoms with van der Waals surface area (Å²) in [4.78, 5) is 8.18. The van der Waals surface area contributed by atoms with Crippen molar-refractivity contribution in [3.8, 4) is 5.75 Å². The van der Waals surface area contributed by atoms with Gasteiger partial charge in [-0.1, -0.05) is 11.6 Å². The molecule has 0 spiro atoms. The zero-order valence-electron chi connectivity index (χ0n) is 8.25. The Morgan fingerprint density at radius 3 is 2.69 bits per heavy atom. The predicted molar refractivity (Wildman–Crippen MR) is 55.9 cm³/mol. The monoisotopic (exact) mass is 244 g/mol. The van der Waals surface area contributed by atoms with Crippen LogP contribution in [0.1, 0.15) is 5.69 Å². The van der Waals surface area contributed by atoms with Crippen LogP contribution in [0, 0.1) is 6.92 Å². The second-order valence-corrected chi connectivity index (χ2v) is 3.49. The number of alkyl halides is 2. The molecule has 0 aliphatic rings. The van der Waals surface area contributed by atoms with Crippen LogP contribution in [0.25, 0.3) is 11.0 Å². The molecule has 0 atom stereocenters. The number of fused-ring (bicyclic) bond motifs is 1. The van der Waals surface area contributed by atoms with Crippen LogP contribution in [-0.2, 0) is 0 Å². The first-order valence-corrected chi connectivity index (χ1v) is 4.83. The summed E-state index contributed by atoms with van der Waals surface area (Å²) in [6, 6.07) is 4.33. The van der Waals surface area contributed by atoms with Crippen LogP contribution in [0.15, 0.2) is 18.2 Å². The van der Waals surface area contributed by atoms with Crippen molar-refractivity contribution in [3.05, 3.63) is 29.0 Å². The fraction of sp³-hybridized carbons (Fsp3) is 0.200. The summed E-state index contributed by atoms with van der Waals surface area (Å²) >= 11 is 5.79. The molecule has 0 aliphatic carbocycles. The van der Waals surface area contributed by atoms with Crippen LogP contribution in [0.4, 0.5) is 8.78 Å². The zero-order chi connectivity index (χ0) is 11.7. The van der Waals surface area contributed by atoms with Gasteiger partial charge < -0.3 is 4.74 Å². The number of aromatic nitrogens is 2. The number of hydrogen-bond acceptors (Lipinski definition) is 3. The molecule has 1 aromatic carbocycles. The minimum absolute atomic E-state index is 0.0542. The van der Waals surface area contributed by atoms with Crippen molar-refractivity contribution in [1.29, 1.82) is 0 Å². The third kappa shape index (κ3) is 2.19. The molecule has 2 aromatic rings. The first kappa shape index (κ1) is 11.0. The van der Waals surface area contributed by atoms with Crippen molar-refractivity contribution >= 4 is 22.6 Å². The molecule has 1 heterocycles. The first-order valence-electron chi connectivity index (χ1n) is 4.45. The lowest BCUT2D eigenvalue weighted by atomic mass is 10.3. The molecule has 0 saturated carbocycles. The molecular weight excluding hydrogens is 238 g/mol. The SMILES string of the molecule is Cc1nc2cc(OC(F)F)ccc2nc1Cl. The molecule has 16 heavy (non-hydrogen) atoms. The highest BCUT2D eigenvalue weighted by atomic mass is 35.5. The van der Waals surface area contributed by atoms with Crippen LogP contribution in [-0.4, -0.2) is 16.6 Å². The largest absolute Gasteiger partial charge is 0.435 e. The summed E-state index contributed by atoms with van der Waals surface area (Å²) in [6.07, 6.45) is 0. The molecule has 0 amide bonds. The van der Waals surface area contributed by atoms with Crippen molar-refractivity contribution < 1.29 is 13.5 Å². The summed E-state index contributed by atoms with van der Waals surface area (Å²) < 4.78 is 28.2. The Kier molecular flexibility index (Phi) is 2.87. The topological polar surface area (TPSA) is 35.0 Å². The number of benzene rings is 1. The van der Waals surface area contributed by atoms with Crippen LogP contribution >= 0.6 is 11.6 Å². The molecule has 0 N–H and O–H groups in total. The maximum Gasteiger partial charge on any atom is 0.387 e. The Balaban J connectivity index is 2.49. The highest BCUT2D eigenvalue weighted by Crippen LogP contribution is 2.22. The average molecular weight is 245 g/mol. The van der Waals surface area contributed by atoms with Crippen LogP contribution in [0.3, 0.4) is 0 Å². The Morgan fingerprint density at radius 2 is 2.00 bits per heavy atom. The van der Waals surface area contributed by atoms with Gasteiger partial charge in [-0.25, -0.2) is 9.97 Å². The van der Waals surface area contributed by atoms with E-state index in [4.69, 9.17) is 11.6 Å². The minimum atomic E-state index is -2.85. The van der Waals surface area contributed by atoms with Crippen LogP contribution in [0.2, 0.25) is 5.15 Å². The summed E-state index contributed by atoms with van der Waals surface area (Å²) in [7, 11) is 0.